The van der Waals surface area contributed by atoms with Gasteiger partial charge in [-0.2, -0.15) is 0 Å². The van der Waals surface area contributed by atoms with Crippen LogP contribution < -0.4 is 76.6 Å². The number of carbonyl (C=O) groups excluding carboxylic acids is 15. The van der Waals surface area contributed by atoms with Crippen LogP contribution in [0.25, 0.3) is 0 Å². The van der Waals surface area contributed by atoms with Gasteiger partial charge in [-0.05, 0) is 0 Å². The van der Waals surface area contributed by atoms with Gasteiger partial charge in [0.25, 0.3) is 0 Å². The first-order chi connectivity index (χ1) is 28.9. The monoisotopic (exact) mass is 1300 g/mol. The Morgan fingerprint density at radius 2 is 0.268 bits per heavy atom. The van der Waals surface area contributed by atoms with E-state index < -0.39 is 182 Å². The molecule has 0 fully saturated rings. The van der Waals surface area contributed by atoms with Crippen molar-refractivity contribution in [3.05, 3.63) is 0 Å². The molecule has 35 nitrogen and oxygen atoms in total. The van der Waals surface area contributed by atoms with Gasteiger partial charge in [0.05, 0.1) is 29.8 Å². The fourth-order valence-corrected chi connectivity index (χ4v) is 3.42. The van der Waals surface area contributed by atoms with Crippen molar-refractivity contribution in [2.24, 2.45) is 0 Å². The van der Waals surface area contributed by atoms with Crippen LogP contribution in [0.4, 0.5) is 0 Å². The van der Waals surface area contributed by atoms with Gasteiger partial charge in [-0.1, -0.05) is 0 Å². The second kappa shape index (κ2) is 41.6. The molecule has 0 aliphatic heterocycles. The molecule has 0 aromatic heterocycles. The smallest absolute Gasteiger partial charge is 0.550 e. The topological polar surface area (TPSA) is 703 Å². The molecule has 0 saturated heterocycles. The van der Waals surface area contributed by atoms with Crippen LogP contribution in [-0.4, -0.2) is 143 Å². The Morgan fingerprint density at radius 1 is 0.211 bits per heavy atom. The molecule has 412 valence electrons. The van der Waals surface area contributed by atoms with Gasteiger partial charge in [-0.25, -0.2) is 0 Å². The van der Waals surface area contributed by atoms with Crippen molar-refractivity contribution >= 4 is 89.5 Å². The van der Waals surface area contributed by atoms with E-state index >= 15 is 0 Å². The van der Waals surface area contributed by atoms with Gasteiger partial charge in [0.15, 0.2) is 0 Å². The van der Waals surface area contributed by atoms with Gasteiger partial charge in [0, 0.05) is 124 Å². The predicted octanol–water partition coefficient (Wildman–Crippen LogP) is -26.3. The predicted molar refractivity (Wildman–Crippen MR) is 146 cm³/mol. The zero-order valence-electron chi connectivity index (χ0n) is 33.5. The largest absolute Gasteiger partial charge is 3.00 e. The molecule has 0 atom stereocenters. The number of aliphatic hydroxyl groups is 5. The van der Waals surface area contributed by atoms with Crippen molar-refractivity contribution in [3.8, 4) is 0 Å². The van der Waals surface area contributed by atoms with Crippen molar-refractivity contribution in [2.45, 2.75) is 92.2 Å². The van der Waals surface area contributed by atoms with Crippen LogP contribution in [-0.2, 0) is 174 Å². The number of hydrogen-bond acceptors (Lipinski definition) is 35. The molecule has 0 aliphatic rings. The zero-order chi connectivity index (χ0) is 53.2. The zero-order valence-corrected chi connectivity index (χ0v) is 39.7. The maximum absolute atomic E-state index is 10.1. The van der Waals surface area contributed by atoms with E-state index in [1.54, 1.807) is 0 Å². The summed E-state index contributed by atoms with van der Waals surface area (Å²) in [5, 5.41) is 195. The number of carbonyl (C=O) groups is 15. The Labute approximate surface area is 455 Å². The number of rotatable bonds is 25. The van der Waals surface area contributed by atoms with Crippen LogP contribution in [0, 0.1) is 0 Å². The first kappa shape index (κ1) is 92.2. The summed E-state index contributed by atoms with van der Waals surface area (Å²) >= 11 is 0. The van der Waals surface area contributed by atoms with Crippen LogP contribution in [0.1, 0.15) is 64.2 Å². The van der Waals surface area contributed by atoms with Gasteiger partial charge in [-0.15, -0.1) is 0 Å². The SMILES string of the molecule is O=C([O-])CC(O)(CC(=O)[O-])C(=O)[O-].O=C([O-])CC(O)(CC(=O)[O-])C(=O)[O-].O=C([O-])CC(O)(CC(=O)[O-])C(=O)[O-].O=C([O-])CC(O)(CC(=O)[O-])C(=O)[O-].O=C([O-])CC(O)(CC(=O)[O-])C(=O)[O-].[Cu+2].[Cu+2].[Cu+2].[Fe+3].[Fe+3].[Fe+3]. The van der Waals surface area contributed by atoms with Gasteiger partial charge < -0.3 is 174 Å². The fourth-order valence-electron chi connectivity index (χ4n) is 3.42. The summed E-state index contributed by atoms with van der Waals surface area (Å²) in [5.41, 5.74) is -14.9. The van der Waals surface area contributed by atoms with Crippen molar-refractivity contribution < 1.29 is 276 Å². The summed E-state index contributed by atoms with van der Waals surface area (Å²) in [5.74, 6) is -29.9. The van der Waals surface area contributed by atoms with E-state index in [2.05, 4.69) is 0 Å². The molecular weight excluding hydrogens is 1280 g/mol. The molecule has 0 aromatic carbocycles. The summed E-state index contributed by atoms with van der Waals surface area (Å²) < 4.78 is 0. The third-order valence-corrected chi connectivity index (χ3v) is 6.27. The second-order valence-corrected chi connectivity index (χ2v) is 12.1. The summed E-state index contributed by atoms with van der Waals surface area (Å²) in [6, 6.07) is 0. The van der Waals surface area contributed by atoms with E-state index in [1.165, 1.54) is 0 Å². The number of carboxylic acid groups (broad SMARTS) is 15. The van der Waals surface area contributed by atoms with Crippen LogP contribution in [0.2, 0.25) is 0 Å². The Bertz CT molecular complexity index is 1470. The van der Waals surface area contributed by atoms with Crippen molar-refractivity contribution in [2.75, 3.05) is 0 Å². The Balaban J connectivity index is -0.0000000690. The minimum Gasteiger partial charge on any atom is -0.550 e. The van der Waals surface area contributed by atoms with Crippen LogP contribution in [0.3, 0.4) is 0 Å². The van der Waals surface area contributed by atoms with Crippen molar-refractivity contribution in [1.82, 2.24) is 0 Å². The average Bonchev–Trinajstić information content (AvgIpc) is 3.01. The summed E-state index contributed by atoms with van der Waals surface area (Å²) in [4.78, 5) is 150. The van der Waals surface area contributed by atoms with Crippen LogP contribution >= 0.6 is 0 Å². The minimum absolute atomic E-state index is 0. The fraction of sp³-hybridized carbons (Fsp3) is 0.500. The summed E-state index contributed by atoms with van der Waals surface area (Å²) in [7, 11) is 0. The third-order valence-electron chi connectivity index (χ3n) is 6.27. The third kappa shape index (κ3) is 45.8. The van der Waals surface area contributed by atoms with Gasteiger partial charge in [0.1, 0.15) is 28.0 Å². The van der Waals surface area contributed by atoms with Crippen LogP contribution in [0.15, 0.2) is 0 Å². The summed E-state index contributed by atoms with van der Waals surface area (Å²) in [6.45, 7) is 0. The first-order valence-electron chi connectivity index (χ1n) is 15.6. The molecule has 0 heterocycles. The molecule has 41 heteroatoms. The molecule has 0 spiro atoms. The van der Waals surface area contributed by atoms with Gasteiger partial charge >= 0.3 is 102 Å². The maximum Gasteiger partial charge on any atom is 3.00 e. The van der Waals surface area contributed by atoms with E-state index in [0.29, 0.717) is 0 Å². The summed E-state index contributed by atoms with van der Waals surface area (Å²) in [6.07, 6.45) is -13.6. The Hall–Kier alpha value is -5.03. The number of hydrogen-bond donors (Lipinski definition) is 5. The molecule has 5 N–H and O–H groups in total. The van der Waals surface area contributed by atoms with Gasteiger partial charge in [0.2, 0.25) is 0 Å². The van der Waals surface area contributed by atoms with Crippen LogP contribution in [0.5, 0.6) is 0 Å². The molecule has 0 saturated carbocycles. The maximum atomic E-state index is 10.1. The molecule has 0 rings (SSSR count). The number of carboxylic acids is 15. The quantitative estimate of drug-likeness (QED) is 0.0530. The Morgan fingerprint density at radius 3 is 0.296 bits per heavy atom. The molecule has 6 radical (unpaired) electrons. The molecule has 71 heavy (non-hydrogen) atoms. The normalized spacial score (nSPS) is 9.93. The van der Waals surface area contributed by atoms with E-state index in [1.807, 2.05) is 0 Å². The molecule has 0 amide bonds. The average molecular weight is 1300 g/mol. The molecule has 0 bridgehead atoms. The van der Waals surface area contributed by atoms with Crippen molar-refractivity contribution in [1.29, 1.82) is 0 Å². The standard InChI is InChI=1S/5C6H8O7.3Cu.3Fe/c5*7-3(8)1-6(13,5(11)12)2-4(9)10;;;;;;/h5*13H,1-2H2,(H,7,8)(H,9,10)(H,11,12);;;;;;/q;;;;;3*+2;3*+3/p-15. The van der Waals surface area contributed by atoms with E-state index in [0.717, 1.165) is 0 Å². The molecular formula is C30H25Cu3Fe3O35. The van der Waals surface area contributed by atoms with E-state index in [4.69, 9.17) is 25.5 Å². The van der Waals surface area contributed by atoms with E-state index in [9.17, 15) is 149 Å². The molecule has 0 aromatic rings. The number of aliphatic carboxylic acids is 15. The van der Waals surface area contributed by atoms with Gasteiger partial charge in [-0.3, -0.25) is 0 Å². The molecule has 0 aliphatic carbocycles. The van der Waals surface area contributed by atoms with E-state index in [-0.39, 0.29) is 102 Å². The minimum atomic E-state index is -2.97. The first-order valence-corrected chi connectivity index (χ1v) is 15.6. The Kier molecular flexibility index (Phi) is 54.0. The van der Waals surface area contributed by atoms with Crippen molar-refractivity contribution in [3.63, 3.8) is 0 Å². The second-order valence-electron chi connectivity index (χ2n) is 12.1. The molecule has 0 unspecified atom stereocenters.